The van der Waals surface area contributed by atoms with Gasteiger partial charge in [0.2, 0.25) is 0 Å². The lowest BCUT2D eigenvalue weighted by Crippen LogP contribution is -2.26. The quantitative estimate of drug-likeness (QED) is 0.167. The normalized spacial score (nSPS) is 14.5. The molecule has 2 aliphatic carbocycles. The molecule has 1 aromatic heterocycles. The summed E-state index contributed by atoms with van der Waals surface area (Å²) in [5, 5.41) is 4.65. The highest BCUT2D eigenvalue weighted by Gasteiger charge is 2.53. The van der Waals surface area contributed by atoms with E-state index >= 15 is 0 Å². The third-order valence-electron chi connectivity index (χ3n) is 13.2. The molecule has 1 unspecified atom stereocenters. The van der Waals surface area contributed by atoms with E-state index in [1.54, 1.807) is 0 Å². The van der Waals surface area contributed by atoms with Gasteiger partial charge in [0.1, 0.15) is 11.2 Å². The Morgan fingerprint density at radius 3 is 1.47 bits per heavy atom. The predicted octanol–water partition coefficient (Wildman–Crippen LogP) is 16.0. The Balaban J connectivity index is 1.15. The minimum absolute atomic E-state index is 0.609. The Bertz CT molecular complexity index is 3500. The number of furan rings is 1. The van der Waals surface area contributed by atoms with Crippen molar-refractivity contribution in [1.82, 2.24) is 0 Å². The van der Waals surface area contributed by atoms with Crippen LogP contribution in [-0.2, 0) is 5.41 Å². The minimum atomic E-state index is -0.609. The molecule has 2 aliphatic rings. The van der Waals surface area contributed by atoms with Gasteiger partial charge >= 0.3 is 0 Å². The van der Waals surface area contributed by atoms with Gasteiger partial charge in [-0.25, -0.2) is 0 Å². The van der Waals surface area contributed by atoms with Crippen molar-refractivity contribution in [3.63, 3.8) is 0 Å². The smallest absolute Gasteiger partial charge is 0.137 e. The number of nitrogens with zero attached hydrogens (tertiary/aromatic N) is 2. The van der Waals surface area contributed by atoms with E-state index in [0.29, 0.717) is 0 Å². The Morgan fingerprint density at radius 1 is 0.306 bits per heavy atom. The summed E-state index contributed by atoms with van der Waals surface area (Å²) in [5.74, 6) is 0. The van der Waals surface area contributed by atoms with Gasteiger partial charge in [0.05, 0.1) is 27.9 Å². The van der Waals surface area contributed by atoms with Crippen LogP contribution in [0.5, 0.6) is 0 Å². The van der Waals surface area contributed by atoms with Gasteiger partial charge in [-0.15, -0.1) is 0 Å². The van der Waals surface area contributed by atoms with Gasteiger partial charge in [-0.3, -0.25) is 0 Å². The first kappa shape index (κ1) is 34.7. The molecular formula is C59H38N2O. The Morgan fingerprint density at radius 2 is 0.790 bits per heavy atom. The van der Waals surface area contributed by atoms with E-state index in [4.69, 9.17) is 4.42 Å². The second-order valence-corrected chi connectivity index (χ2v) is 16.3. The molecule has 1 heterocycles. The molecular weight excluding hydrogens is 753 g/mol. The number of hydrogen-bond acceptors (Lipinski definition) is 3. The van der Waals surface area contributed by atoms with Gasteiger partial charge in [0, 0.05) is 33.4 Å². The molecule has 0 radical (unpaired) electrons. The first-order valence-electron chi connectivity index (χ1n) is 21.4. The fourth-order valence-electron chi connectivity index (χ4n) is 10.9. The van der Waals surface area contributed by atoms with Gasteiger partial charge in [-0.05, 0) is 111 Å². The van der Waals surface area contributed by atoms with Crippen molar-refractivity contribution in [3.05, 3.63) is 253 Å². The van der Waals surface area contributed by atoms with Crippen molar-refractivity contribution in [2.24, 2.45) is 0 Å². The Kier molecular flexibility index (Phi) is 7.52. The molecule has 62 heavy (non-hydrogen) atoms. The largest absolute Gasteiger partial charge is 0.456 e. The summed E-state index contributed by atoms with van der Waals surface area (Å²) < 4.78 is 6.52. The third-order valence-corrected chi connectivity index (χ3v) is 13.2. The van der Waals surface area contributed by atoms with Crippen LogP contribution in [0.25, 0.3) is 55.0 Å². The van der Waals surface area contributed by atoms with Crippen LogP contribution in [0.1, 0.15) is 22.3 Å². The van der Waals surface area contributed by atoms with Crippen LogP contribution in [0.3, 0.4) is 0 Å². The molecule has 13 rings (SSSR count). The third kappa shape index (κ3) is 4.76. The molecule has 10 aromatic carbocycles. The van der Waals surface area contributed by atoms with Crippen molar-refractivity contribution in [2.45, 2.75) is 5.41 Å². The summed E-state index contributed by atoms with van der Waals surface area (Å²) in [6.45, 7) is 0. The number of hydrogen-bond donors (Lipinski definition) is 0. The molecule has 290 valence electrons. The lowest BCUT2D eigenvalue weighted by Gasteiger charge is -2.33. The number of benzene rings is 10. The van der Waals surface area contributed by atoms with Gasteiger partial charge in [-0.1, -0.05) is 164 Å². The highest BCUT2D eigenvalue weighted by molar-refractivity contribution is 6.16. The summed E-state index contributed by atoms with van der Waals surface area (Å²) in [7, 11) is 0. The van der Waals surface area contributed by atoms with Gasteiger partial charge in [-0.2, -0.15) is 0 Å². The van der Waals surface area contributed by atoms with E-state index in [2.05, 4.69) is 234 Å². The van der Waals surface area contributed by atoms with Crippen LogP contribution in [-0.4, -0.2) is 0 Å². The molecule has 11 aromatic rings. The Labute approximate surface area is 360 Å². The van der Waals surface area contributed by atoms with E-state index in [1.807, 2.05) is 6.07 Å². The topological polar surface area (TPSA) is 19.6 Å². The summed E-state index contributed by atoms with van der Waals surface area (Å²) in [4.78, 5) is 4.89. The molecule has 0 N–H and O–H groups in total. The number of anilines is 6. The highest BCUT2D eigenvalue weighted by atomic mass is 16.3. The molecule has 0 saturated heterocycles. The SMILES string of the molecule is c1ccc(N(c2ccccc2)c2cc3c(c4ccccc24)-c2ccccc2C32c3ccccc3-c3c(N(c4ccccc4)c4cccc5oc6ccccc6c45)cccc32)cc1. The monoisotopic (exact) mass is 790 g/mol. The number of para-hydroxylation sites is 4. The lowest BCUT2D eigenvalue weighted by atomic mass is 9.70. The van der Waals surface area contributed by atoms with Gasteiger partial charge in [0.25, 0.3) is 0 Å². The zero-order valence-corrected chi connectivity index (χ0v) is 33.7. The van der Waals surface area contributed by atoms with Crippen molar-refractivity contribution < 1.29 is 4.42 Å². The van der Waals surface area contributed by atoms with E-state index in [9.17, 15) is 0 Å². The standard InChI is InChI=1S/C59H38N2O/c1-4-20-39(21-5-1)60(40-22-6-2-7-23-40)53-38-50-56(43-27-11-10-26-42(43)53)44-28-12-15-31-47(44)59(50)48-32-16-13-29-45(48)57-49(59)33-18-34-51(57)61(41-24-8-3-9-25-41)52-35-19-37-55-58(52)46-30-14-17-36-54(46)62-55/h1-38H. The molecule has 3 heteroatoms. The summed E-state index contributed by atoms with van der Waals surface area (Å²) in [6.07, 6.45) is 0. The molecule has 0 saturated carbocycles. The van der Waals surface area contributed by atoms with E-state index < -0.39 is 5.41 Å². The zero-order chi connectivity index (χ0) is 40.8. The summed E-state index contributed by atoms with van der Waals surface area (Å²) >= 11 is 0. The fourth-order valence-corrected chi connectivity index (χ4v) is 10.9. The van der Waals surface area contributed by atoms with Crippen LogP contribution in [0.4, 0.5) is 34.1 Å². The van der Waals surface area contributed by atoms with Crippen LogP contribution >= 0.6 is 0 Å². The Hall–Kier alpha value is -8.14. The average Bonchev–Trinajstić information content (AvgIpc) is 3.98. The van der Waals surface area contributed by atoms with Crippen molar-refractivity contribution in [3.8, 4) is 22.3 Å². The van der Waals surface area contributed by atoms with Crippen molar-refractivity contribution in [1.29, 1.82) is 0 Å². The average molecular weight is 791 g/mol. The lowest BCUT2D eigenvalue weighted by molar-refractivity contribution is 0.669. The first-order valence-corrected chi connectivity index (χ1v) is 21.4. The van der Waals surface area contributed by atoms with E-state index in [1.165, 1.54) is 55.3 Å². The summed E-state index contributed by atoms with van der Waals surface area (Å²) in [5.41, 5.74) is 18.0. The minimum Gasteiger partial charge on any atom is -0.456 e. The molecule has 0 bridgehead atoms. The van der Waals surface area contributed by atoms with Crippen LogP contribution < -0.4 is 9.80 Å². The van der Waals surface area contributed by atoms with Crippen molar-refractivity contribution in [2.75, 3.05) is 9.80 Å². The van der Waals surface area contributed by atoms with Crippen LogP contribution in [0.15, 0.2) is 235 Å². The molecule has 0 aliphatic heterocycles. The van der Waals surface area contributed by atoms with E-state index in [0.717, 1.165) is 56.1 Å². The van der Waals surface area contributed by atoms with Crippen LogP contribution in [0.2, 0.25) is 0 Å². The molecule has 0 amide bonds. The van der Waals surface area contributed by atoms with Crippen LogP contribution in [0, 0.1) is 0 Å². The number of rotatable bonds is 6. The maximum absolute atomic E-state index is 6.52. The highest BCUT2D eigenvalue weighted by Crippen LogP contribution is 2.66. The zero-order valence-electron chi connectivity index (χ0n) is 33.7. The first-order chi connectivity index (χ1) is 30.8. The number of fused-ring (bicyclic) bond motifs is 15. The molecule has 1 spiro atoms. The molecule has 3 nitrogen and oxygen atoms in total. The van der Waals surface area contributed by atoms with Gasteiger partial charge in [0.15, 0.2) is 0 Å². The molecule has 0 fully saturated rings. The summed E-state index contributed by atoms with van der Waals surface area (Å²) in [6, 6.07) is 84.0. The maximum Gasteiger partial charge on any atom is 0.137 e. The van der Waals surface area contributed by atoms with Gasteiger partial charge < -0.3 is 14.2 Å². The maximum atomic E-state index is 6.52. The predicted molar refractivity (Wildman–Crippen MR) is 257 cm³/mol. The fraction of sp³-hybridized carbons (Fsp3) is 0.0169. The second-order valence-electron chi connectivity index (χ2n) is 16.3. The van der Waals surface area contributed by atoms with Crippen molar-refractivity contribution >= 4 is 66.8 Å². The van der Waals surface area contributed by atoms with E-state index in [-0.39, 0.29) is 0 Å². The molecule has 1 atom stereocenters. The second kappa shape index (κ2) is 13.4.